The van der Waals surface area contributed by atoms with Crippen molar-refractivity contribution in [3.63, 3.8) is 0 Å². The minimum Gasteiger partial charge on any atom is -0.369 e. The average Bonchev–Trinajstić information content (AvgIpc) is 3.11. The van der Waals surface area contributed by atoms with Crippen LogP contribution in [-0.4, -0.2) is 33.6 Å². The third-order valence-electron chi connectivity index (χ3n) is 4.52. The molecule has 2 bridgehead atoms. The maximum absolute atomic E-state index is 13.0. The van der Waals surface area contributed by atoms with Crippen LogP contribution in [-0.2, 0) is 11.3 Å². The summed E-state index contributed by atoms with van der Waals surface area (Å²) in [5.41, 5.74) is 0.943. The van der Waals surface area contributed by atoms with Gasteiger partial charge in [-0.05, 0) is 25.0 Å². The molecule has 1 aliphatic carbocycles. The first-order valence-corrected chi connectivity index (χ1v) is 7.57. The summed E-state index contributed by atoms with van der Waals surface area (Å²) < 4.78 is 19.1. The number of halogens is 1. The Kier molecular flexibility index (Phi) is 3.46. The Balaban J connectivity index is 1.45. The van der Waals surface area contributed by atoms with Crippen molar-refractivity contribution in [1.82, 2.24) is 15.0 Å². The number of ether oxygens (including phenoxy) is 1. The molecule has 22 heavy (non-hydrogen) atoms. The summed E-state index contributed by atoms with van der Waals surface area (Å²) in [4.78, 5) is 14.6. The van der Waals surface area contributed by atoms with Gasteiger partial charge in [0.05, 0.1) is 36.8 Å². The first-order valence-electron chi connectivity index (χ1n) is 7.57. The van der Waals surface area contributed by atoms with E-state index in [1.807, 2.05) is 18.2 Å². The lowest BCUT2D eigenvalue weighted by atomic mass is 10.1. The van der Waals surface area contributed by atoms with E-state index in [4.69, 9.17) is 4.74 Å². The molecule has 0 aromatic carbocycles. The summed E-state index contributed by atoms with van der Waals surface area (Å²) in [6, 6.07) is 6.11. The number of aromatic nitrogens is 3. The number of fused-ring (bicyclic) bond motifs is 2. The zero-order valence-electron chi connectivity index (χ0n) is 12.1. The lowest BCUT2D eigenvalue weighted by molar-refractivity contribution is 0.0251. The van der Waals surface area contributed by atoms with Crippen LogP contribution in [0.2, 0.25) is 0 Å². The second kappa shape index (κ2) is 5.61. The number of rotatable bonds is 4. The first kappa shape index (κ1) is 13.6. The van der Waals surface area contributed by atoms with Crippen LogP contribution in [0.3, 0.4) is 0 Å². The smallest absolute Gasteiger partial charge is 0.225 e. The van der Waals surface area contributed by atoms with E-state index in [0.717, 1.165) is 25.1 Å². The Bertz CT molecular complexity index is 636. The minimum atomic E-state index is -0.406. The predicted molar refractivity (Wildman–Crippen MR) is 78.7 cm³/mol. The zero-order valence-corrected chi connectivity index (χ0v) is 12.1. The predicted octanol–water partition coefficient (Wildman–Crippen LogP) is 2.19. The average molecular weight is 300 g/mol. The molecule has 6 heteroatoms. The molecule has 1 saturated heterocycles. The van der Waals surface area contributed by atoms with Gasteiger partial charge in [0.15, 0.2) is 5.82 Å². The molecule has 4 rings (SSSR count). The van der Waals surface area contributed by atoms with Crippen molar-refractivity contribution < 1.29 is 9.13 Å². The highest BCUT2D eigenvalue weighted by Gasteiger charge is 2.48. The van der Waals surface area contributed by atoms with E-state index < -0.39 is 5.82 Å². The van der Waals surface area contributed by atoms with Crippen LogP contribution in [0.15, 0.2) is 36.8 Å². The molecule has 2 aromatic heterocycles. The van der Waals surface area contributed by atoms with Crippen molar-refractivity contribution in [3.05, 3.63) is 48.3 Å². The topological polar surface area (TPSA) is 51.1 Å². The fraction of sp³-hybridized carbons (Fsp3) is 0.438. The largest absolute Gasteiger partial charge is 0.369 e. The normalized spacial score (nSPS) is 26.6. The fourth-order valence-corrected chi connectivity index (χ4v) is 3.54. The van der Waals surface area contributed by atoms with Crippen LogP contribution in [0.25, 0.3) is 0 Å². The van der Waals surface area contributed by atoms with Gasteiger partial charge < -0.3 is 9.64 Å². The maximum Gasteiger partial charge on any atom is 0.225 e. The molecule has 2 aromatic rings. The van der Waals surface area contributed by atoms with Crippen molar-refractivity contribution in [2.75, 3.05) is 11.4 Å². The third kappa shape index (κ3) is 2.43. The highest BCUT2D eigenvalue weighted by atomic mass is 19.1. The number of pyridine rings is 1. The molecule has 3 heterocycles. The van der Waals surface area contributed by atoms with Crippen LogP contribution < -0.4 is 4.90 Å². The lowest BCUT2D eigenvalue weighted by Gasteiger charge is -2.27. The van der Waals surface area contributed by atoms with Crippen molar-refractivity contribution in [2.45, 2.75) is 31.6 Å². The van der Waals surface area contributed by atoms with Crippen LogP contribution in [0.5, 0.6) is 0 Å². The fourth-order valence-electron chi connectivity index (χ4n) is 3.54. The quantitative estimate of drug-likeness (QED) is 0.866. The molecule has 0 amide bonds. The minimum absolute atomic E-state index is 0.177. The molecule has 2 fully saturated rings. The van der Waals surface area contributed by atoms with Gasteiger partial charge in [-0.15, -0.1) is 0 Å². The number of anilines is 1. The number of piperidine rings is 1. The second-order valence-electron chi connectivity index (χ2n) is 5.86. The monoisotopic (exact) mass is 300 g/mol. The van der Waals surface area contributed by atoms with Crippen LogP contribution in [0.1, 0.15) is 18.5 Å². The van der Waals surface area contributed by atoms with Crippen molar-refractivity contribution in [1.29, 1.82) is 0 Å². The third-order valence-corrected chi connectivity index (χ3v) is 4.52. The molecular formula is C16H17FN4O. The molecule has 0 spiro atoms. The molecule has 0 N–H and O–H groups in total. The van der Waals surface area contributed by atoms with Crippen molar-refractivity contribution >= 4 is 5.95 Å². The van der Waals surface area contributed by atoms with Crippen LogP contribution >= 0.6 is 0 Å². The second-order valence-corrected chi connectivity index (χ2v) is 5.86. The van der Waals surface area contributed by atoms with Gasteiger partial charge in [-0.25, -0.2) is 14.4 Å². The summed E-state index contributed by atoms with van der Waals surface area (Å²) in [5, 5.41) is 0. The van der Waals surface area contributed by atoms with Gasteiger partial charge in [0, 0.05) is 18.7 Å². The van der Waals surface area contributed by atoms with Gasteiger partial charge in [0.1, 0.15) is 0 Å². The Morgan fingerprint density at radius 1 is 1.18 bits per heavy atom. The van der Waals surface area contributed by atoms with Gasteiger partial charge in [-0.2, -0.15) is 0 Å². The molecular weight excluding hydrogens is 283 g/mol. The van der Waals surface area contributed by atoms with Crippen molar-refractivity contribution in [2.24, 2.45) is 5.92 Å². The summed E-state index contributed by atoms with van der Waals surface area (Å²) in [6.07, 6.45) is 6.63. The molecule has 3 unspecified atom stereocenters. The lowest BCUT2D eigenvalue weighted by Crippen LogP contribution is -2.36. The summed E-state index contributed by atoms with van der Waals surface area (Å²) in [7, 11) is 0. The molecule has 0 radical (unpaired) electrons. The summed E-state index contributed by atoms with van der Waals surface area (Å²) >= 11 is 0. The van der Waals surface area contributed by atoms with Gasteiger partial charge >= 0.3 is 0 Å². The zero-order chi connectivity index (χ0) is 14.9. The van der Waals surface area contributed by atoms with E-state index in [1.54, 1.807) is 6.20 Å². The van der Waals surface area contributed by atoms with Crippen LogP contribution in [0.4, 0.5) is 10.3 Å². The molecule has 2 aliphatic rings. The first-order chi connectivity index (χ1) is 10.8. The van der Waals surface area contributed by atoms with E-state index in [-0.39, 0.29) is 12.1 Å². The van der Waals surface area contributed by atoms with Gasteiger partial charge in [-0.1, -0.05) is 6.07 Å². The highest BCUT2D eigenvalue weighted by molar-refractivity contribution is 5.36. The van der Waals surface area contributed by atoms with Crippen LogP contribution in [0, 0.1) is 11.7 Å². The summed E-state index contributed by atoms with van der Waals surface area (Å²) in [5.74, 6) is 0.679. The number of hydrogen-bond acceptors (Lipinski definition) is 5. The molecule has 114 valence electrons. The van der Waals surface area contributed by atoms with Crippen molar-refractivity contribution in [3.8, 4) is 0 Å². The molecule has 3 atom stereocenters. The SMILES string of the molecule is Fc1cnc(N2CC3CCC2C3OCc2ccccn2)nc1. The highest BCUT2D eigenvalue weighted by Crippen LogP contribution is 2.41. The van der Waals surface area contributed by atoms with E-state index >= 15 is 0 Å². The van der Waals surface area contributed by atoms with E-state index in [9.17, 15) is 4.39 Å². The van der Waals surface area contributed by atoms with Gasteiger partial charge in [-0.3, -0.25) is 4.98 Å². The Morgan fingerprint density at radius 3 is 2.82 bits per heavy atom. The Labute approximate surface area is 128 Å². The maximum atomic E-state index is 13.0. The van der Waals surface area contributed by atoms with E-state index in [2.05, 4.69) is 19.9 Å². The number of hydrogen-bond donors (Lipinski definition) is 0. The van der Waals surface area contributed by atoms with E-state index in [1.165, 1.54) is 12.4 Å². The molecule has 5 nitrogen and oxygen atoms in total. The van der Waals surface area contributed by atoms with Gasteiger partial charge in [0.25, 0.3) is 0 Å². The standard InChI is InChI=1S/C16H17FN4O/c17-12-7-19-16(20-8-12)21-9-11-4-5-14(21)15(11)22-10-13-3-1-2-6-18-13/h1-3,6-8,11,14-15H,4-5,9-10H2. The van der Waals surface area contributed by atoms with Gasteiger partial charge in [0.2, 0.25) is 5.95 Å². The Hall–Kier alpha value is -2.08. The Morgan fingerprint density at radius 2 is 2.05 bits per heavy atom. The molecule has 1 saturated carbocycles. The molecule has 1 aliphatic heterocycles. The number of nitrogens with zero attached hydrogens (tertiary/aromatic N) is 4. The summed E-state index contributed by atoms with van der Waals surface area (Å²) in [6.45, 7) is 1.40. The van der Waals surface area contributed by atoms with E-state index in [0.29, 0.717) is 18.5 Å².